The minimum absolute atomic E-state index is 0.345. The number of likely N-dealkylation sites (tertiary alicyclic amines) is 1. The summed E-state index contributed by atoms with van der Waals surface area (Å²) in [5, 5.41) is 2.10. The first-order valence-corrected chi connectivity index (χ1v) is 7.03. The van der Waals surface area contributed by atoms with Crippen molar-refractivity contribution in [3.63, 3.8) is 0 Å². The summed E-state index contributed by atoms with van der Waals surface area (Å²) in [5.74, 6) is 0.345. The fourth-order valence-electron chi connectivity index (χ4n) is 2.31. The smallest absolute Gasteiger partial charge is 0.223 e. The molecule has 2 nitrogen and oxygen atoms in total. The summed E-state index contributed by atoms with van der Waals surface area (Å²) in [6, 6.07) is 4.60. The number of hydrogen-bond acceptors (Lipinski definition) is 2. The Bertz CT molecular complexity index is 334. The van der Waals surface area contributed by atoms with E-state index in [1.165, 1.54) is 4.88 Å². The van der Waals surface area contributed by atoms with E-state index in [2.05, 4.69) is 29.3 Å². The molecule has 1 amide bonds. The molecule has 3 heteroatoms. The van der Waals surface area contributed by atoms with E-state index < -0.39 is 0 Å². The van der Waals surface area contributed by atoms with Crippen LogP contribution in [-0.4, -0.2) is 17.4 Å². The molecule has 1 aromatic rings. The summed E-state index contributed by atoms with van der Waals surface area (Å²) >= 11 is 1.77. The van der Waals surface area contributed by atoms with Crippen molar-refractivity contribution in [1.82, 2.24) is 4.90 Å². The average molecular weight is 237 g/mol. The van der Waals surface area contributed by atoms with E-state index in [4.69, 9.17) is 0 Å². The standard InChI is InChI=1S/C13H19NOS/c1-2-3-8-13(15)14-9-4-6-11(14)12-7-5-10-16-12/h5,7,10-11H,2-4,6,8-9H2,1H3. The van der Waals surface area contributed by atoms with Gasteiger partial charge < -0.3 is 4.90 Å². The zero-order valence-electron chi connectivity index (χ0n) is 9.82. The first-order valence-electron chi connectivity index (χ1n) is 6.15. The van der Waals surface area contributed by atoms with E-state index in [-0.39, 0.29) is 0 Å². The highest BCUT2D eigenvalue weighted by molar-refractivity contribution is 7.10. The van der Waals surface area contributed by atoms with E-state index in [0.717, 1.165) is 38.6 Å². The van der Waals surface area contributed by atoms with Gasteiger partial charge in [0.1, 0.15) is 0 Å². The van der Waals surface area contributed by atoms with Crippen molar-refractivity contribution < 1.29 is 4.79 Å². The van der Waals surface area contributed by atoms with Crippen LogP contribution in [0.15, 0.2) is 17.5 Å². The molecule has 16 heavy (non-hydrogen) atoms. The van der Waals surface area contributed by atoms with Gasteiger partial charge in [0.25, 0.3) is 0 Å². The van der Waals surface area contributed by atoms with Crippen LogP contribution in [0, 0.1) is 0 Å². The number of hydrogen-bond donors (Lipinski definition) is 0. The van der Waals surface area contributed by atoms with E-state index >= 15 is 0 Å². The van der Waals surface area contributed by atoms with E-state index in [9.17, 15) is 4.79 Å². The molecule has 0 saturated carbocycles. The zero-order chi connectivity index (χ0) is 11.4. The Hall–Kier alpha value is -0.830. The highest BCUT2D eigenvalue weighted by Gasteiger charge is 2.29. The molecule has 0 aliphatic carbocycles. The highest BCUT2D eigenvalue weighted by atomic mass is 32.1. The SMILES string of the molecule is CCCCC(=O)N1CCCC1c1cccs1. The Kier molecular flexibility index (Phi) is 3.99. The van der Waals surface area contributed by atoms with E-state index in [1.807, 2.05) is 0 Å². The van der Waals surface area contributed by atoms with Gasteiger partial charge in [-0.1, -0.05) is 19.4 Å². The third-order valence-corrected chi connectivity index (χ3v) is 4.16. The van der Waals surface area contributed by atoms with Crippen LogP contribution in [0.1, 0.15) is 49.9 Å². The van der Waals surface area contributed by atoms with Gasteiger partial charge >= 0.3 is 0 Å². The number of nitrogens with zero attached hydrogens (tertiary/aromatic N) is 1. The minimum Gasteiger partial charge on any atom is -0.335 e. The molecular weight excluding hydrogens is 218 g/mol. The molecule has 1 atom stereocenters. The molecule has 1 unspecified atom stereocenters. The third-order valence-electron chi connectivity index (χ3n) is 3.19. The van der Waals surface area contributed by atoms with Gasteiger partial charge in [-0.05, 0) is 30.7 Å². The maximum atomic E-state index is 12.0. The second-order valence-electron chi connectivity index (χ2n) is 4.36. The summed E-state index contributed by atoms with van der Waals surface area (Å²) in [7, 11) is 0. The van der Waals surface area contributed by atoms with Crippen molar-refractivity contribution in [2.45, 2.75) is 45.1 Å². The highest BCUT2D eigenvalue weighted by Crippen LogP contribution is 2.34. The van der Waals surface area contributed by atoms with Crippen molar-refractivity contribution in [3.8, 4) is 0 Å². The molecule has 0 N–H and O–H groups in total. The summed E-state index contributed by atoms with van der Waals surface area (Å²) in [6.07, 6.45) is 5.13. The van der Waals surface area contributed by atoms with Crippen molar-refractivity contribution >= 4 is 17.2 Å². The predicted molar refractivity (Wildman–Crippen MR) is 67.5 cm³/mol. The first kappa shape index (κ1) is 11.6. The van der Waals surface area contributed by atoms with Crippen LogP contribution in [0.3, 0.4) is 0 Å². The summed E-state index contributed by atoms with van der Waals surface area (Å²) in [6.45, 7) is 3.08. The Morgan fingerprint density at radius 2 is 2.50 bits per heavy atom. The molecule has 1 aliphatic heterocycles. The van der Waals surface area contributed by atoms with Crippen LogP contribution >= 0.6 is 11.3 Å². The summed E-state index contributed by atoms with van der Waals surface area (Å²) in [4.78, 5) is 15.5. The molecule has 1 saturated heterocycles. The van der Waals surface area contributed by atoms with Gasteiger partial charge in [-0.15, -0.1) is 11.3 Å². The summed E-state index contributed by atoms with van der Waals surface area (Å²) < 4.78 is 0. The van der Waals surface area contributed by atoms with Crippen LogP contribution < -0.4 is 0 Å². The molecule has 1 aromatic heterocycles. The molecular formula is C13H19NOS. The Morgan fingerprint density at radius 3 is 3.19 bits per heavy atom. The first-order chi connectivity index (χ1) is 7.83. The number of rotatable bonds is 4. The van der Waals surface area contributed by atoms with Gasteiger partial charge in [-0.3, -0.25) is 4.79 Å². The lowest BCUT2D eigenvalue weighted by molar-refractivity contribution is -0.132. The molecule has 0 bridgehead atoms. The quantitative estimate of drug-likeness (QED) is 0.783. The molecule has 0 radical (unpaired) electrons. The average Bonchev–Trinajstić information content (AvgIpc) is 2.94. The maximum absolute atomic E-state index is 12.0. The number of thiophene rings is 1. The monoisotopic (exact) mass is 237 g/mol. The fraction of sp³-hybridized carbons (Fsp3) is 0.615. The normalized spacial score (nSPS) is 20.3. The molecule has 0 aromatic carbocycles. The number of amides is 1. The van der Waals surface area contributed by atoms with Gasteiger partial charge in [0.15, 0.2) is 0 Å². The number of carbonyl (C=O) groups is 1. The van der Waals surface area contributed by atoms with Crippen LogP contribution in [0.4, 0.5) is 0 Å². The van der Waals surface area contributed by atoms with Crippen molar-refractivity contribution in [3.05, 3.63) is 22.4 Å². The Balaban J connectivity index is 2.01. The van der Waals surface area contributed by atoms with Gasteiger partial charge in [0.2, 0.25) is 5.91 Å². The van der Waals surface area contributed by atoms with Gasteiger partial charge in [-0.2, -0.15) is 0 Å². The molecule has 88 valence electrons. The second kappa shape index (κ2) is 5.48. The van der Waals surface area contributed by atoms with Crippen molar-refractivity contribution in [1.29, 1.82) is 0 Å². The lowest BCUT2D eigenvalue weighted by Crippen LogP contribution is -2.29. The maximum Gasteiger partial charge on any atom is 0.223 e. The Labute approximate surface area is 101 Å². The predicted octanol–water partition coefficient (Wildman–Crippen LogP) is 3.60. The number of carbonyl (C=O) groups excluding carboxylic acids is 1. The van der Waals surface area contributed by atoms with Crippen molar-refractivity contribution in [2.75, 3.05) is 6.54 Å². The fourth-order valence-corrected chi connectivity index (χ4v) is 3.19. The van der Waals surface area contributed by atoms with Crippen LogP contribution in [0.5, 0.6) is 0 Å². The molecule has 1 aliphatic rings. The number of unbranched alkanes of at least 4 members (excludes halogenated alkanes) is 1. The summed E-state index contributed by atoms with van der Waals surface area (Å²) in [5.41, 5.74) is 0. The topological polar surface area (TPSA) is 20.3 Å². The third kappa shape index (κ3) is 2.46. The van der Waals surface area contributed by atoms with Crippen LogP contribution in [-0.2, 0) is 4.79 Å². The zero-order valence-corrected chi connectivity index (χ0v) is 10.6. The minimum atomic E-state index is 0.345. The van der Waals surface area contributed by atoms with Crippen LogP contribution in [0.2, 0.25) is 0 Å². The molecule has 2 rings (SSSR count). The van der Waals surface area contributed by atoms with Gasteiger partial charge in [0.05, 0.1) is 6.04 Å². The lowest BCUT2D eigenvalue weighted by atomic mass is 10.1. The molecule has 1 fully saturated rings. The lowest BCUT2D eigenvalue weighted by Gasteiger charge is -2.23. The van der Waals surface area contributed by atoms with Crippen molar-refractivity contribution in [2.24, 2.45) is 0 Å². The second-order valence-corrected chi connectivity index (χ2v) is 5.34. The van der Waals surface area contributed by atoms with Crippen LogP contribution in [0.25, 0.3) is 0 Å². The van der Waals surface area contributed by atoms with E-state index in [1.54, 1.807) is 11.3 Å². The van der Waals surface area contributed by atoms with Gasteiger partial charge in [0, 0.05) is 17.8 Å². The largest absolute Gasteiger partial charge is 0.335 e. The van der Waals surface area contributed by atoms with Gasteiger partial charge in [-0.25, -0.2) is 0 Å². The Morgan fingerprint density at radius 1 is 1.62 bits per heavy atom. The van der Waals surface area contributed by atoms with E-state index in [0.29, 0.717) is 11.9 Å². The molecule has 2 heterocycles. The molecule has 0 spiro atoms.